The number of nitrogens with zero attached hydrogens (tertiary/aromatic N) is 1. The third-order valence-electron chi connectivity index (χ3n) is 7.06. The Kier molecular flexibility index (Phi) is 7.00. The largest absolute Gasteiger partial charge is 0.395 e. The number of sulfonamides is 1. The molecule has 2 aromatic rings. The number of hydrogen-bond acceptors (Lipinski definition) is 3. The summed E-state index contributed by atoms with van der Waals surface area (Å²) in [5, 5.41) is 15.6. The van der Waals surface area contributed by atoms with Crippen LogP contribution < -0.4 is 5.14 Å². The highest BCUT2D eigenvalue weighted by Crippen LogP contribution is 2.37. The normalized spacial score (nSPS) is 16.5. The Morgan fingerprint density at radius 2 is 1.59 bits per heavy atom. The van der Waals surface area contributed by atoms with E-state index in [1.165, 1.54) is 32.1 Å². The number of aliphatic hydroxyl groups is 1. The average molecular weight is 461 g/mol. The maximum absolute atomic E-state index is 12.4. The molecule has 0 saturated heterocycles. The van der Waals surface area contributed by atoms with Crippen molar-refractivity contribution in [1.82, 2.24) is 4.57 Å². The van der Waals surface area contributed by atoms with Crippen molar-refractivity contribution in [2.75, 3.05) is 6.61 Å². The summed E-state index contributed by atoms with van der Waals surface area (Å²) < 4.78 is 26.9. The molecule has 1 aromatic heterocycles. The zero-order valence-electron chi connectivity index (χ0n) is 20.5. The highest BCUT2D eigenvalue weighted by molar-refractivity contribution is 7.89. The SMILES string of the molecule is Cc1c(S(N)(=O)=O)cc(-c2cc(C(C)(C)C)cc(C(C)(C)CO)c2)n1CC1CCCCC1. The average Bonchev–Trinajstić information content (AvgIpc) is 3.04. The summed E-state index contributed by atoms with van der Waals surface area (Å²) in [6.07, 6.45) is 6.09. The predicted molar refractivity (Wildman–Crippen MR) is 131 cm³/mol. The summed E-state index contributed by atoms with van der Waals surface area (Å²) >= 11 is 0. The molecule has 0 bridgehead atoms. The van der Waals surface area contributed by atoms with Crippen LogP contribution in [0.25, 0.3) is 11.3 Å². The van der Waals surface area contributed by atoms with Gasteiger partial charge in [0, 0.05) is 23.3 Å². The highest BCUT2D eigenvalue weighted by atomic mass is 32.2. The molecule has 1 saturated carbocycles. The van der Waals surface area contributed by atoms with E-state index < -0.39 is 15.4 Å². The first-order valence-electron chi connectivity index (χ1n) is 11.7. The molecule has 0 unspecified atom stereocenters. The Morgan fingerprint density at radius 3 is 2.12 bits per heavy atom. The lowest BCUT2D eigenvalue weighted by atomic mass is 9.78. The van der Waals surface area contributed by atoms with Gasteiger partial charge in [-0.3, -0.25) is 0 Å². The van der Waals surface area contributed by atoms with Gasteiger partial charge in [-0.15, -0.1) is 0 Å². The van der Waals surface area contributed by atoms with E-state index in [9.17, 15) is 13.5 Å². The van der Waals surface area contributed by atoms with Gasteiger partial charge in [-0.05, 0) is 66.0 Å². The lowest BCUT2D eigenvalue weighted by Gasteiger charge is -2.28. The first-order chi connectivity index (χ1) is 14.7. The Hall–Kier alpha value is -1.63. The van der Waals surface area contributed by atoms with Crippen LogP contribution in [0, 0.1) is 12.8 Å². The van der Waals surface area contributed by atoms with E-state index in [0.717, 1.165) is 28.9 Å². The summed E-state index contributed by atoms with van der Waals surface area (Å²) in [5.41, 5.74) is 4.27. The molecule has 3 rings (SSSR count). The molecule has 178 valence electrons. The van der Waals surface area contributed by atoms with Crippen LogP contribution in [0.3, 0.4) is 0 Å². The Bertz CT molecular complexity index is 1070. The minimum absolute atomic E-state index is 0.0323. The van der Waals surface area contributed by atoms with Crippen LogP contribution in [0.4, 0.5) is 0 Å². The molecule has 6 heteroatoms. The number of aromatic nitrogens is 1. The zero-order valence-corrected chi connectivity index (χ0v) is 21.3. The molecule has 0 amide bonds. The summed E-state index contributed by atoms with van der Waals surface area (Å²) in [6, 6.07) is 8.17. The van der Waals surface area contributed by atoms with Crippen LogP contribution in [0.15, 0.2) is 29.2 Å². The van der Waals surface area contributed by atoms with Crippen molar-refractivity contribution in [2.24, 2.45) is 11.1 Å². The fourth-order valence-corrected chi connectivity index (χ4v) is 5.50. The summed E-state index contributed by atoms with van der Waals surface area (Å²) in [4.78, 5) is 0.201. The molecule has 1 aliphatic carbocycles. The van der Waals surface area contributed by atoms with Crippen molar-refractivity contribution in [2.45, 2.75) is 95.9 Å². The predicted octanol–water partition coefficient (Wildman–Crippen LogP) is 5.26. The van der Waals surface area contributed by atoms with Gasteiger partial charge >= 0.3 is 0 Å². The van der Waals surface area contributed by atoms with E-state index in [1.807, 2.05) is 20.8 Å². The molecule has 0 aliphatic heterocycles. The number of hydrogen-bond donors (Lipinski definition) is 2. The topological polar surface area (TPSA) is 85.3 Å². The van der Waals surface area contributed by atoms with Crippen LogP contribution in [0.2, 0.25) is 0 Å². The van der Waals surface area contributed by atoms with Gasteiger partial charge in [0.25, 0.3) is 0 Å². The van der Waals surface area contributed by atoms with Crippen LogP contribution in [0.5, 0.6) is 0 Å². The monoisotopic (exact) mass is 460 g/mol. The van der Waals surface area contributed by atoms with Crippen molar-refractivity contribution in [3.8, 4) is 11.3 Å². The second kappa shape index (κ2) is 8.96. The zero-order chi connectivity index (χ0) is 23.9. The fraction of sp³-hybridized carbons (Fsp3) is 0.615. The molecule has 1 aromatic carbocycles. The van der Waals surface area contributed by atoms with Gasteiger partial charge in [-0.25, -0.2) is 13.6 Å². The quantitative estimate of drug-likeness (QED) is 0.617. The lowest BCUT2D eigenvalue weighted by molar-refractivity contribution is 0.218. The second-order valence-corrected chi connectivity index (χ2v) is 12.8. The number of benzene rings is 1. The van der Waals surface area contributed by atoms with Crippen LogP contribution in [-0.2, 0) is 27.4 Å². The maximum Gasteiger partial charge on any atom is 0.239 e. The van der Waals surface area contributed by atoms with Crippen molar-refractivity contribution >= 4 is 10.0 Å². The van der Waals surface area contributed by atoms with E-state index >= 15 is 0 Å². The molecule has 1 fully saturated rings. The van der Waals surface area contributed by atoms with E-state index in [2.05, 4.69) is 43.5 Å². The summed E-state index contributed by atoms with van der Waals surface area (Å²) in [5.74, 6) is 0.543. The van der Waals surface area contributed by atoms with Gasteiger partial charge in [-0.1, -0.05) is 59.9 Å². The molecule has 0 spiro atoms. The molecule has 5 nitrogen and oxygen atoms in total. The number of nitrogens with two attached hydrogens (primary N) is 1. The third kappa shape index (κ3) is 5.29. The number of aliphatic hydroxyl groups excluding tert-OH is 1. The van der Waals surface area contributed by atoms with Gasteiger partial charge in [0.2, 0.25) is 10.0 Å². The number of rotatable bonds is 6. The molecule has 0 atom stereocenters. The molecular formula is C26H40N2O3S. The van der Waals surface area contributed by atoms with E-state index in [1.54, 1.807) is 6.07 Å². The first kappa shape index (κ1) is 25.0. The van der Waals surface area contributed by atoms with Crippen LogP contribution in [0.1, 0.15) is 83.5 Å². The van der Waals surface area contributed by atoms with Gasteiger partial charge in [0.05, 0.1) is 6.61 Å². The second-order valence-electron chi connectivity index (χ2n) is 11.2. The summed E-state index contributed by atoms with van der Waals surface area (Å²) in [7, 11) is -3.83. The van der Waals surface area contributed by atoms with Crippen molar-refractivity contribution in [1.29, 1.82) is 0 Å². The Morgan fingerprint density at radius 1 is 1.00 bits per heavy atom. The number of primary sulfonamides is 1. The molecule has 1 heterocycles. The molecule has 3 N–H and O–H groups in total. The minimum Gasteiger partial charge on any atom is -0.395 e. The van der Waals surface area contributed by atoms with Gasteiger partial charge in [-0.2, -0.15) is 0 Å². The van der Waals surface area contributed by atoms with Crippen LogP contribution >= 0.6 is 0 Å². The highest BCUT2D eigenvalue weighted by Gasteiger charge is 2.27. The van der Waals surface area contributed by atoms with E-state index in [0.29, 0.717) is 11.6 Å². The molecular weight excluding hydrogens is 420 g/mol. The molecule has 0 radical (unpaired) electrons. The van der Waals surface area contributed by atoms with Crippen molar-refractivity contribution < 1.29 is 13.5 Å². The molecule has 1 aliphatic rings. The van der Waals surface area contributed by atoms with Crippen molar-refractivity contribution in [3.63, 3.8) is 0 Å². The van der Waals surface area contributed by atoms with Gasteiger partial charge < -0.3 is 9.67 Å². The lowest BCUT2D eigenvalue weighted by Crippen LogP contribution is -2.23. The summed E-state index contributed by atoms with van der Waals surface area (Å²) in [6.45, 7) is 13.3. The van der Waals surface area contributed by atoms with Gasteiger partial charge in [0.15, 0.2) is 0 Å². The van der Waals surface area contributed by atoms with Gasteiger partial charge in [0.1, 0.15) is 4.90 Å². The first-order valence-corrected chi connectivity index (χ1v) is 13.3. The smallest absolute Gasteiger partial charge is 0.239 e. The third-order valence-corrected chi connectivity index (χ3v) is 8.09. The maximum atomic E-state index is 12.4. The Balaban J connectivity index is 2.24. The van der Waals surface area contributed by atoms with Crippen molar-refractivity contribution in [3.05, 3.63) is 41.1 Å². The Labute approximate surface area is 194 Å². The van der Waals surface area contributed by atoms with E-state index in [4.69, 9.17) is 5.14 Å². The minimum atomic E-state index is -3.83. The fourth-order valence-electron chi connectivity index (χ4n) is 4.70. The standard InChI is InChI=1S/C26H40N2O3S/c1-18-24(32(27,30)31)15-23(28(18)16-19-10-8-7-9-11-19)20-12-21(25(2,3)4)14-22(13-20)26(5,6)17-29/h12-15,19,29H,7-11,16-17H2,1-6H3,(H2,27,30,31). The van der Waals surface area contributed by atoms with Crippen LogP contribution in [-0.4, -0.2) is 24.7 Å². The van der Waals surface area contributed by atoms with E-state index in [-0.39, 0.29) is 16.9 Å². The molecule has 32 heavy (non-hydrogen) atoms.